The molecule has 1 heterocycles. The number of aliphatic hydroxyl groups is 1. The maximum absolute atomic E-state index is 13.2. The van der Waals surface area contributed by atoms with E-state index in [0.717, 1.165) is 12.1 Å². The molecule has 1 aliphatic rings. The van der Waals surface area contributed by atoms with Gasteiger partial charge in [-0.2, -0.15) is 4.31 Å². The standard InChI is InChI=1S/C23H29FN2O7S/c1-31-20-6-3-7-21(32-2)22(20)33-15-18(27)13-25-23(28)16-5-4-12-26(14-16)34(29,30)19-10-8-17(24)9-11-19/h3,6-11,16,18,27H,4-5,12-15H2,1-2H3,(H,25,28). The highest BCUT2D eigenvalue weighted by atomic mass is 32.2. The Kier molecular flexibility index (Phi) is 8.70. The van der Waals surface area contributed by atoms with Crippen molar-refractivity contribution in [3.8, 4) is 17.2 Å². The molecule has 34 heavy (non-hydrogen) atoms. The van der Waals surface area contributed by atoms with E-state index in [9.17, 15) is 22.7 Å². The molecule has 1 aliphatic heterocycles. The van der Waals surface area contributed by atoms with Crippen LogP contribution >= 0.6 is 0 Å². The second kappa shape index (κ2) is 11.5. The monoisotopic (exact) mass is 496 g/mol. The summed E-state index contributed by atoms with van der Waals surface area (Å²) in [7, 11) is -0.859. The molecule has 2 unspecified atom stereocenters. The van der Waals surface area contributed by atoms with Crippen molar-refractivity contribution in [2.24, 2.45) is 5.92 Å². The Morgan fingerprint density at radius 2 is 1.82 bits per heavy atom. The van der Waals surface area contributed by atoms with Gasteiger partial charge in [0.15, 0.2) is 11.5 Å². The van der Waals surface area contributed by atoms with Gasteiger partial charge in [-0.05, 0) is 49.2 Å². The molecule has 186 valence electrons. The molecule has 1 fully saturated rings. The number of benzene rings is 2. The molecule has 0 bridgehead atoms. The molecule has 1 amide bonds. The molecule has 0 saturated carbocycles. The van der Waals surface area contributed by atoms with Crippen LogP contribution in [-0.4, -0.2) is 70.3 Å². The third-order valence-corrected chi connectivity index (χ3v) is 7.40. The molecule has 11 heteroatoms. The topological polar surface area (TPSA) is 114 Å². The summed E-state index contributed by atoms with van der Waals surface area (Å²) < 4.78 is 56.2. The van der Waals surface area contributed by atoms with Crippen molar-refractivity contribution in [1.82, 2.24) is 9.62 Å². The summed E-state index contributed by atoms with van der Waals surface area (Å²) in [6.45, 7) is 0.0987. The average Bonchev–Trinajstić information content (AvgIpc) is 2.86. The molecule has 0 radical (unpaired) electrons. The summed E-state index contributed by atoms with van der Waals surface area (Å²) in [5.74, 6) is -0.215. The van der Waals surface area contributed by atoms with E-state index in [2.05, 4.69) is 5.32 Å². The molecule has 1 saturated heterocycles. The zero-order valence-corrected chi connectivity index (χ0v) is 19.9. The lowest BCUT2D eigenvalue weighted by molar-refractivity contribution is -0.126. The van der Waals surface area contributed by atoms with E-state index in [0.29, 0.717) is 30.1 Å². The zero-order valence-electron chi connectivity index (χ0n) is 19.1. The van der Waals surface area contributed by atoms with E-state index in [-0.39, 0.29) is 37.0 Å². The summed E-state index contributed by atoms with van der Waals surface area (Å²) in [6, 6.07) is 9.73. The van der Waals surface area contributed by atoms with Crippen LogP contribution in [0.2, 0.25) is 0 Å². The predicted molar refractivity (Wildman–Crippen MR) is 122 cm³/mol. The van der Waals surface area contributed by atoms with Crippen LogP contribution in [0.5, 0.6) is 17.2 Å². The number of hydrogen-bond acceptors (Lipinski definition) is 7. The Hall–Kier alpha value is -2.89. The SMILES string of the molecule is COc1cccc(OC)c1OCC(O)CNC(=O)C1CCCN(S(=O)(=O)c2ccc(F)cc2)C1. The van der Waals surface area contributed by atoms with Crippen LogP contribution in [0.15, 0.2) is 47.4 Å². The average molecular weight is 497 g/mol. The van der Waals surface area contributed by atoms with Gasteiger partial charge in [0.2, 0.25) is 21.7 Å². The van der Waals surface area contributed by atoms with Crippen molar-refractivity contribution < 1.29 is 36.9 Å². The maximum atomic E-state index is 13.2. The van der Waals surface area contributed by atoms with Gasteiger partial charge >= 0.3 is 0 Å². The van der Waals surface area contributed by atoms with E-state index in [1.54, 1.807) is 18.2 Å². The fourth-order valence-corrected chi connectivity index (χ4v) is 5.21. The summed E-state index contributed by atoms with van der Waals surface area (Å²) in [5, 5.41) is 12.9. The lowest BCUT2D eigenvalue weighted by atomic mass is 9.99. The summed E-state index contributed by atoms with van der Waals surface area (Å²) in [5.41, 5.74) is 0. The van der Waals surface area contributed by atoms with Crippen LogP contribution < -0.4 is 19.5 Å². The number of para-hydroxylation sites is 1. The van der Waals surface area contributed by atoms with E-state index < -0.39 is 27.9 Å². The van der Waals surface area contributed by atoms with E-state index in [4.69, 9.17) is 14.2 Å². The molecule has 2 N–H and O–H groups in total. The molecule has 2 aromatic rings. The number of carbonyl (C=O) groups excluding carboxylic acids is 1. The van der Waals surface area contributed by atoms with Gasteiger partial charge in [0.25, 0.3) is 0 Å². The summed E-state index contributed by atoms with van der Waals surface area (Å²) in [6.07, 6.45) is 0.0190. The van der Waals surface area contributed by atoms with Gasteiger partial charge in [-0.25, -0.2) is 12.8 Å². The third-order valence-electron chi connectivity index (χ3n) is 5.52. The van der Waals surface area contributed by atoms with E-state index in [1.807, 2.05) is 0 Å². The number of ether oxygens (including phenoxy) is 3. The predicted octanol–water partition coefficient (Wildman–Crippen LogP) is 1.80. The van der Waals surface area contributed by atoms with Gasteiger partial charge in [-0.15, -0.1) is 0 Å². The van der Waals surface area contributed by atoms with Crippen molar-refractivity contribution in [3.05, 3.63) is 48.3 Å². The van der Waals surface area contributed by atoms with Gasteiger partial charge in [-0.3, -0.25) is 4.79 Å². The summed E-state index contributed by atoms with van der Waals surface area (Å²) in [4.78, 5) is 12.6. The third kappa shape index (κ3) is 6.16. The molecular weight excluding hydrogens is 467 g/mol. The largest absolute Gasteiger partial charge is 0.493 e. The van der Waals surface area contributed by atoms with E-state index in [1.165, 1.54) is 30.7 Å². The second-order valence-corrected chi connectivity index (χ2v) is 9.80. The maximum Gasteiger partial charge on any atom is 0.243 e. The molecule has 9 nitrogen and oxygen atoms in total. The molecule has 0 aromatic heterocycles. The van der Waals surface area contributed by atoms with Crippen LogP contribution in [0.4, 0.5) is 4.39 Å². The number of sulfonamides is 1. The first-order valence-corrected chi connectivity index (χ1v) is 12.3. The highest BCUT2D eigenvalue weighted by Crippen LogP contribution is 2.36. The fourth-order valence-electron chi connectivity index (χ4n) is 3.69. The van der Waals surface area contributed by atoms with Gasteiger partial charge in [0.05, 0.1) is 25.0 Å². The Labute approximate surface area is 198 Å². The van der Waals surface area contributed by atoms with Gasteiger partial charge < -0.3 is 24.6 Å². The van der Waals surface area contributed by atoms with Crippen LogP contribution in [0, 0.1) is 11.7 Å². The van der Waals surface area contributed by atoms with Crippen molar-refractivity contribution in [1.29, 1.82) is 0 Å². The van der Waals surface area contributed by atoms with Gasteiger partial charge in [-0.1, -0.05) is 6.07 Å². The quantitative estimate of drug-likeness (QED) is 0.516. The number of amides is 1. The van der Waals surface area contributed by atoms with Crippen LogP contribution in [-0.2, 0) is 14.8 Å². The second-order valence-electron chi connectivity index (χ2n) is 7.86. The Morgan fingerprint density at radius 3 is 2.44 bits per heavy atom. The highest BCUT2D eigenvalue weighted by molar-refractivity contribution is 7.89. The highest BCUT2D eigenvalue weighted by Gasteiger charge is 2.33. The van der Waals surface area contributed by atoms with Crippen molar-refractivity contribution in [3.63, 3.8) is 0 Å². The van der Waals surface area contributed by atoms with Crippen molar-refractivity contribution >= 4 is 15.9 Å². The molecular formula is C23H29FN2O7S. The molecule has 3 rings (SSSR count). The number of hydrogen-bond donors (Lipinski definition) is 2. The number of rotatable bonds is 10. The van der Waals surface area contributed by atoms with Crippen LogP contribution in [0.3, 0.4) is 0 Å². The number of methoxy groups -OCH3 is 2. The Bertz CT molecular complexity index is 1060. The number of halogens is 1. The number of nitrogens with zero attached hydrogens (tertiary/aromatic N) is 1. The first-order chi connectivity index (χ1) is 16.3. The minimum absolute atomic E-state index is 0.0105. The molecule has 2 atom stereocenters. The van der Waals surface area contributed by atoms with E-state index >= 15 is 0 Å². The molecule has 0 spiro atoms. The number of aliphatic hydroxyl groups excluding tert-OH is 1. The lowest BCUT2D eigenvalue weighted by Gasteiger charge is -2.31. The van der Waals surface area contributed by atoms with Gasteiger partial charge in [0, 0.05) is 19.6 Å². The zero-order chi connectivity index (χ0) is 24.7. The minimum atomic E-state index is -3.84. The van der Waals surface area contributed by atoms with Crippen molar-refractivity contribution in [2.75, 3.05) is 40.5 Å². The number of piperidine rings is 1. The molecule has 0 aliphatic carbocycles. The van der Waals surface area contributed by atoms with Gasteiger partial charge in [0.1, 0.15) is 18.5 Å². The number of carbonyl (C=O) groups is 1. The first-order valence-electron chi connectivity index (χ1n) is 10.8. The van der Waals surface area contributed by atoms with Crippen LogP contribution in [0.25, 0.3) is 0 Å². The Morgan fingerprint density at radius 1 is 1.18 bits per heavy atom. The van der Waals surface area contributed by atoms with Crippen LogP contribution in [0.1, 0.15) is 12.8 Å². The molecule has 2 aromatic carbocycles. The normalized spacial score (nSPS) is 17.6. The van der Waals surface area contributed by atoms with Crippen molar-refractivity contribution in [2.45, 2.75) is 23.8 Å². The smallest absolute Gasteiger partial charge is 0.243 e. The summed E-state index contributed by atoms with van der Waals surface area (Å²) >= 11 is 0. The number of nitrogens with one attached hydrogen (secondary N) is 1. The minimum Gasteiger partial charge on any atom is -0.493 e. The Balaban J connectivity index is 1.53. The fraction of sp³-hybridized carbons (Fsp3) is 0.435. The lowest BCUT2D eigenvalue weighted by Crippen LogP contribution is -2.47. The first kappa shape index (κ1) is 25.7.